The van der Waals surface area contributed by atoms with Crippen LogP contribution in [0.15, 0.2) is 30.3 Å². The Labute approximate surface area is 136 Å². The fraction of sp³-hybridized carbons (Fsp3) is 0.368. The van der Waals surface area contributed by atoms with Gasteiger partial charge in [0.15, 0.2) is 11.5 Å². The van der Waals surface area contributed by atoms with E-state index in [9.17, 15) is 0 Å². The van der Waals surface area contributed by atoms with Crippen LogP contribution >= 0.6 is 0 Å². The highest BCUT2D eigenvalue weighted by atomic mass is 16.5. The van der Waals surface area contributed by atoms with Gasteiger partial charge in [-0.15, -0.1) is 0 Å². The minimum Gasteiger partial charge on any atom is -0.497 e. The number of hydrogen-bond acceptors (Lipinski definition) is 4. The molecule has 0 saturated heterocycles. The van der Waals surface area contributed by atoms with Gasteiger partial charge in [-0.2, -0.15) is 0 Å². The number of ether oxygens (including phenoxy) is 4. The van der Waals surface area contributed by atoms with Gasteiger partial charge in [0.1, 0.15) is 5.75 Å². The molecule has 0 aromatic heterocycles. The molecule has 0 aliphatic heterocycles. The van der Waals surface area contributed by atoms with Crippen LogP contribution in [0.2, 0.25) is 0 Å². The molecule has 23 heavy (non-hydrogen) atoms. The molecule has 0 N–H and O–H groups in total. The molecule has 2 aromatic rings. The predicted molar refractivity (Wildman–Crippen MR) is 89.2 cm³/mol. The lowest BCUT2D eigenvalue weighted by Crippen LogP contribution is -1.99. The molecular formula is C19H22O4. The second-order valence-corrected chi connectivity index (χ2v) is 5.66. The molecule has 0 saturated carbocycles. The van der Waals surface area contributed by atoms with Crippen molar-refractivity contribution in [3.8, 4) is 23.0 Å². The summed E-state index contributed by atoms with van der Waals surface area (Å²) >= 11 is 0. The Balaban J connectivity index is 1.96. The third kappa shape index (κ3) is 2.69. The molecule has 3 rings (SSSR count). The van der Waals surface area contributed by atoms with Gasteiger partial charge < -0.3 is 18.9 Å². The summed E-state index contributed by atoms with van der Waals surface area (Å²) in [5, 5.41) is 0. The minimum atomic E-state index is 0.432. The first-order valence-electron chi connectivity index (χ1n) is 7.66. The first-order valence-corrected chi connectivity index (χ1v) is 7.66. The summed E-state index contributed by atoms with van der Waals surface area (Å²) in [7, 11) is 6.66. The summed E-state index contributed by atoms with van der Waals surface area (Å²) in [5.41, 5.74) is 3.79. The Morgan fingerprint density at radius 1 is 0.783 bits per heavy atom. The lowest BCUT2D eigenvalue weighted by atomic mass is 9.96. The fourth-order valence-corrected chi connectivity index (χ4v) is 3.37. The van der Waals surface area contributed by atoms with Crippen molar-refractivity contribution in [2.45, 2.75) is 18.8 Å². The highest BCUT2D eigenvalue weighted by Crippen LogP contribution is 2.48. The highest BCUT2D eigenvalue weighted by Gasteiger charge is 2.30. The first-order chi connectivity index (χ1) is 11.2. The van der Waals surface area contributed by atoms with Crippen molar-refractivity contribution in [1.82, 2.24) is 0 Å². The summed E-state index contributed by atoms with van der Waals surface area (Å²) in [4.78, 5) is 0. The monoisotopic (exact) mass is 314 g/mol. The number of fused-ring (bicyclic) bond motifs is 1. The van der Waals surface area contributed by atoms with E-state index in [0.29, 0.717) is 11.7 Å². The van der Waals surface area contributed by atoms with Crippen LogP contribution in [0.3, 0.4) is 0 Å². The van der Waals surface area contributed by atoms with Gasteiger partial charge in [-0.3, -0.25) is 0 Å². The van der Waals surface area contributed by atoms with Crippen molar-refractivity contribution in [3.05, 3.63) is 47.0 Å². The van der Waals surface area contributed by atoms with E-state index >= 15 is 0 Å². The lowest BCUT2D eigenvalue weighted by Gasteiger charge is -2.15. The van der Waals surface area contributed by atoms with Crippen LogP contribution in [0.4, 0.5) is 0 Å². The van der Waals surface area contributed by atoms with Crippen LogP contribution < -0.4 is 18.9 Å². The average Bonchev–Trinajstić information content (AvgIpc) is 3.03. The maximum atomic E-state index is 5.62. The highest BCUT2D eigenvalue weighted by molar-refractivity contribution is 5.61. The molecule has 0 heterocycles. The van der Waals surface area contributed by atoms with Gasteiger partial charge in [0, 0.05) is 5.56 Å². The van der Waals surface area contributed by atoms with Gasteiger partial charge in [0.25, 0.3) is 0 Å². The molecule has 1 aliphatic rings. The molecule has 4 nitrogen and oxygen atoms in total. The van der Waals surface area contributed by atoms with Crippen molar-refractivity contribution in [3.63, 3.8) is 0 Å². The van der Waals surface area contributed by atoms with Crippen molar-refractivity contribution in [2.24, 2.45) is 0 Å². The second kappa shape index (κ2) is 6.41. The van der Waals surface area contributed by atoms with E-state index in [1.165, 1.54) is 16.7 Å². The zero-order valence-corrected chi connectivity index (χ0v) is 14.0. The number of rotatable bonds is 5. The van der Waals surface area contributed by atoms with E-state index < -0.39 is 0 Å². The molecular weight excluding hydrogens is 292 g/mol. The first kappa shape index (κ1) is 15.5. The van der Waals surface area contributed by atoms with Gasteiger partial charge in [0.2, 0.25) is 5.75 Å². The van der Waals surface area contributed by atoms with E-state index in [1.807, 2.05) is 12.1 Å². The third-order valence-corrected chi connectivity index (χ3v) is 4.53. The summed E-state index contributed by atoms with van der Waals surface area (Å²) in [6.07, 6.45) is 1.91. The van der Waals surface area contributed by atoms with Crippen molar-refractivity contribution < 1.29 is 18.9 Å². The van der Waals surface area contributed by atoms with Crippen molar-refractivity contribution >= 4 is 0 Å². The van der Waals surface area contributed by atoms with E-state index in [1.54, 1.807) is 28.4 Å². The summed E-state index contributed by atoms with van der Waals surface area (Å²) < 4.78 is 21.8. The van der Waals surface area contributed by atoms with Gasteiger partial charge in [0.05, 0.1) is 28.4 Å². The molecule has 1 atom stereocenters. The quantitative estimate of drug-likeness (QED) is 0.845. The van der Waals surface area contributed by atoms with E-state index in [-0.39, 0.29) is 0 Å². The molecule has 0 radical (unpaired) electrons. The van der Waals surface area contributed by atoms with Gasteiger partial charge in [-0.1, -0.05) is 12.1 Å². The van der Waals surface area contributed by atoms with Crippen LogP contribution in [-0.4, -0.2) is 28.4 Å². The molecule has 0 unspecified atom stereocenters. The molecule has 0 amide bonds. The topological polar surface area (TPSA) is 36.9 Å². The van der Waals surface area contributed by atoms with E-state index in [0.717, 1.165) is 30.1 Å². The van der Waals surface area contributed by atoms with Crippen LogP contribution in [0.25, 0.3) is 0 Å². The number of hydrogen-bond donors (Lipinski definition) is 0. The third-order valence-electron chi connectivity index (χ3n) is 4.53. The van der Waals surface area contributed by atoms with Crippen LogP contribution in [-0.2, 0) is 12.8 Å². The maximum Gasteiger partial charge on any atom is 0.203 e. The van der Waals surface area contributed by atoms with Crippen LogP contribution in [0.1, 0.15) is 22.6 Å². The molecule has 0 spiro atoms. The standard InChI is InChI=1S/C19H22O4/c1-20-15-7-5-12(6-8-15)13-9-14-11-17(21-2)19(23-4)18(22-3)16(14)10-13/h5-8,11,13H,9-10H2,1-4H3/t13-/m1/s1. The summed E-state index contributed by atoms with van der Waals surface area (Å²) in [6.45, 7) is 0. The average molecular weight is 314 g/mol. The predicted octanol–water partition coefficient (Wildman–Crippen LogP) is 3.60. The van der Waals surface area contributed by atoms with Crippen LogP contribution in [0, 0.1) is 0 Å². The van der Waals surface area contributed by atoms with Crippen molar-refractivity contribution in [2.75, 3.05) is 28.4 Å². The fourth-order valence-electron chi connectivity index (χ4n) is 3.37. The SMILES string of the molecule is COc1ccc([C@@H]2Cc3cc(OC)c(OC)c(OC)c3C2)cc1. The number of methoxy groups -OCH3 is 4. The Morgan fingerprint density at radius 3 is 2.04 bits per heavy atom. The minimum absolute atomic E-state index is 0.432. The zero-order valence-electron chi connectivity index (χ0n) is 14.0. The zero-order chi connectivity index (χ0) is 16.4. The summed E-state index contributed by atoms with van der Waals surface area (Å²) in [6, 6.07) is 10.4. The second-order valence-electron chi connectivity index (χ2n) is 5.66. The molecule has 2 aromatic carbocycles. The van der Waals surface area contributed by atoms with Gasteiger partial charge in [-0.05, 0) is 48.1 Å². The Morgan fingerprint density at radius 2 is 1.48 bits per heavy atom. The van der Waals surface area contributed by atoms with Crippen LogP contribution in [0.5, 0.6) is 23.0 Å². The maximum absolute atomic E-state index is 5.62. The molecule has 0 fully saturated rings. The molecule has 1 aliphatic carbocycles. The van der Waals surface area contributed by atoms with Gasteiger partial charge >= 0.3 is 0 Å². The molecule has 4 heteroatoms. The normalized spacial score (nSPS) is 15.9. The largest absolute Gasteiger partial charge is 0.497 e. The Bertz CT molecular complexity index is 692. The van der Waals surface area contributed by atoms with E-state index in [4.69, 9.17) is 18.9 Å². The lowest BCUT2D eigenvalue weighted by molar-refractivity contribution is 0.322. The van der Waals surface area contributed by atoms with E-state index in [2.05, 4.69) is 18.2 Å². The Hall–Kier alpha value is -2.36. The summed E-state index contributed by atoms with van der Waals surface area (Å²) in [5.74, 6) is 3.49. The number of benzene rings is 2. The molecule has 122 valence electrons. The smallest absolute Gasteiger partial charge is 0.203 e. The van der Waals surface area contributed by atoms with Gasteiger partial charge in [-0.25, -0.2) is 0 Å². The van der Waals surface area contributed by atoms with Crippen molar-refractivity contribution in [1.29, 1.82) is 0 Å². The Kier molecular flexibility index (Phi) is 4.33. The molecule has 0 bridgehead atoms.